The van der Waals surface area contributed by atoms with Gasteiger partial charge in [-0.15, -0.1) is 0 Å². The van der Waals surface area contributed by atoms with Crippen LogP contribution in [-0.4, -0.2) is 22.7 Å². The lowest BCUT2D eigenvalue weighted by Gasteiger charge is -2.16. The van der Waals surface area contributed by atoms with E-state index in [9.17, 15) is 15.2 Å². The van der Waals surface area contributed by atoms with E-state index in [1.807, 2.05) is 13.8 Å². The van der Waals surface area contributed by atoms with Crippen LogP contribution in [0.2, 0.25) is 0 Å². The van der Waals surface area contributed by atoms with Crippen molar-refractivity contribution in [1.29, 1.82) is 0 Å². The lowest BCUT2D eigenvalue weighted by Crippen LogP contribution is -2.24. The number of rotatable bonds is 5. The van der Waals surface area contributed by atoms with E-state index in [1.165, 1.54) is 12.1 Å². The largest absolute Gasteiger partial charge is 0.393 e. The maximum Gasteiger partial charge on any atom is 0.292 e. The lowest BCUT2D eigenvalue weighted by atomic mass is 10.1. The Balaban J connectivity index is 2.68. The minimum Gasteiger partial charge on any atom is -0.393 e. The fraction of sp³-hybridized carbons (Fsp3) is 0.455. The first kappa shape index (κ1) is 13.2. The lowest BCUT2D eigenvalue weighted by molar-refractivity contribution is -0.383. The summed E-state index contributed by atoms with van der Waals surface area (Å²) in [6, 6.07) is 4.41. The highest BCUT2D eigenvalue weighted by atomic mass is 16.6. The normalized spacial score (nSPS) is 12.5. The van der Waals surface area contributed by atoms with Crippen LogP contribution in [0.3, 0.4) is 0 Å². The third kappa shape index (κ3) is 3.60. The molecule has 4 N–H and O–H groups in total. The zero-order chi connectivity index (χ0) is 13.0. The van der Waals surface area contributed by atoms with Crippen molar-refractivity contribution in [1.82, 2.24) is 0 Å². The van der Waals surface area contributed by atoms with E-state index in [4.69, 9.17) is 5.73 Å². The number of aliphatic hydroxyl groups is 1. The quantitative estimate of drug-likeness (QED) is 0.411. The molecule has 1 unspecified atom stereocenters. The average Bonchev–Trinajstić information content (AvgIpc) is 2.25. The van der Waals surface area contributed by atoms with Crippen molar-refractivity contribution in [3.63, 3.8) is 0 Å². The van der Waals surface area contributed by atoms with Crippen LogP contribution in [0.25, 0.3) is 0 Å². The molecule has 0 amide bonds. The molecule has 0 spiro atoms. The fourth-order valence-corrected chi connectivity index (χ4v) is 1.29. The molecule has 0 fully saturated rings. The molecular formula is C11H17N3O3. The molecule has 0 aliphatic heterocycles. The van der Waals surface area contributed by atoms with E-state index in [-0.39, 0.29) is 17.3 Å². The summed E-state index contributed by atoms with van der Waals surface area (Å²) in [7, 11) is 0. The first-order chi connectivity index (χ1) is 7.91. The smallest absolute Gasteiger partial charge is 0.292 e. The molecule has 0 saturated heterocycles. The molecule has 0 aliphatic rings. The van der Waals surface area contributed by atoms with Gasteiger partial charge in [-0.3, -0.25) is 10.1 Å². The van der Waals surface area contributed by atoms with E-state index in [0.717, 1.165) is 0 Å². The highest BCUT2D eigenvalue weighted by Crippen LogP contribution is 2.24. The Bertz CT molecular complexity index is 407. The molecule has 1 atom stereocenters. The number of aliphatic hydroxyl groups excluding tert-OH is 1. The maximum atomic E-state index is 10.6. The predicted octanol–water partition coefficient (Wildman–Crippen LogP) is 1.61. The molecule has 1 rings (SSSR count). The number of anilines is 2. The monoisotopic (exact) mass is 239 g/mol. The molecule has 6 heteroatoms. The number of hydrogen-bond acceptors (Lipinski definition) is 5. The number of nitro benzene ring substituents is 1. The second kappa shape index (κ2) is 5.49. The third-order valence-corrected chi connectivity index (χ3v) is 2.51. The summed E-state index contributed by atoms with van der Waals surface area (Å²) in [6.07, 6.45) is -0.466. The summed E-state index contributed by atoms with van der Waals surface area (Å²) >= 11 is 0. The summed E-state index contributed by atoms with van der Waals surface area (Å²) < 4.78 is 0. The molecule has 0 bridgehead atoms. The van der Waals surface area contributed by atoms with E-state index in [0.29, 0.717) is 12.2 Å². The van der Waals surface area contributed by atoms with Gasteiger partial charge in [-0.25, -0.2) is 0 Å². The van der Waals surface area contributed by atoms with E-state index in [1.54, 1.807) is 6.07 Å². The van der Waals surface area contributed by atoms with E-state index in [2.05, 4.69) is 5.32 Å². The van der Waals surface area contributed by atoms with Crippen LogP contribution in [0.5, 0.6) is 0 Å². The SMILES string of the molecule is CC(C)C(O)CNc1ccc([N+](=O)[O-])c(N)c1. The van der Waals surface area contributed by atoms with Crippen molar-refractivity contribution in [2.45, 2.75) is 20.0 Å². The van der Waals surface area contributed by atoms with E-state index < -0.39 is 11.0 Å². The topological polar surface area (TPSA) is 101 Å². The van der Waals surface area contributed by atoms with Crippen molar-refractivity contribution >= 4 is 17.1 Å². The van der Waals surface area contributed by atoms with E-state index >= 15 is 0 Å². The molecule has 94 valence electrons. The number of nitrogen functional groups attached to an aromatic ring is 1. The Labute approximate surface area is 99.6 Å². The number of nitrogens with one attached hydrogen (secondary N) is 1. The first-order valence-corrected chi connectivity index (χ1v) is 5.37. The summed E-state index contributed by atoms with van der Waals surface area (Å²) in [5.41, 5.74) is 6.20. The van der Waals surface area contributed by atoms with Crippen LogP contribution in [0.1, 0.15) is 13.8 Å². The van der Waals surface area contributed by atoms with Gasteiger partial charge in [0.15, 0.2) is 0 Å². The Morgan fingerprint density at radius 1 is 1.53 bits per heavy atom. The zero-order valence-electron chi connectivity index (χ0n) is 9.88. The number of benzene rings is 1. The summed E-state index contributed by atoms with van der Waals surface area (Å²) in [4.78, 5) is 10.0. The average molecular weight is 239 g/mol. The summed E-state index contributed by atoms with van der Waals surface area (Å²) in [6.45, 7) is 4.21. The van der Waals surface area contributed by atoms with Gasteiger partial charge >= 0.3 is 0 Å². The number of hydrogen-bond donors (Lipinski definition) is 3. The molecule has 1 aromatic rings. The van der Waals surface area contributed by atoms with Crippen LogP contribution < -0.4 is 11.1 Å². The fourth-order valence-electron chi connectivity index (χ4n) is 1.29. The molecule has 17 heavy (non-hydrogen) atoms. The zero-order valence-corrected chi connectivity index (χ0v) is 9.88. The molecule has 0 saturated carbocycles. The maximum absolute atomic E-state index is 10.6. The van der Waals surface area contributed by atoms with Gasteiger partial charge in [0.1, 0.15) is 5.69 Å². The minimum atomic E-state index is -0.526. The standard InChI is InChI=1S/C11H17N3O3/c1-7(2)11(15)6-13-8-3-4-10(14(16)17)9(12)5-8/h3-5,7,11,13,15H,6,12H2,1-2H3. The Hall–Kier alpha value is -1.82. The Morgan fingerprint density at radius 2 is 2.18 bits per heavy atom. The molecule has 0 heterocycles. The van der Waals surface area contributed by atoms with Crippen LogP contribution in [0.4, 0.5) is 17.1 Å². The molecule has 0 aliphatic carbocycles. The van der Waals surface area contributed by atoms with Crippen LogP contribution in [0, 0.1) is 16.0 Å². The van der Waals surface area contributed by atoms with Gasteiger partial charge in [0, 0.05) is 18.3 Å². The van der Waals surface area contributed by atoms with Crippen LogP contribution in [0.15, 0.2) is 18.2 Å². The van der Waals surface area contributed by atoms with Crippen LogP contribution in [-0.2, 0) is 0 Å². The molecule has 0 radical (unpaired) electrons. The van der Waals surface area contributed by atoms with Crippen molar-refractivity contribution in [2.75, 3.05) is 17.6 Å². The third-order valence-electron chi connectivity index (χ3n) is 2.51. The Morgan fingerprint density at radius 3 is 2.65 bits per heavy atom. The molecular weight excluding hydrogens is 222 g/mol. The van der Waals surface area contributed by atoms with Gasteiger partial charge in [0.25, 0.3) is 5.69 Å². The van der Waals surface area contributed by atoms with Gasteiger partial charge < -0.3 is 16.2 Å². The first-order valence-electron chi connectivity index (χ1n) is 5.37. The van der Waals surface area contributed by atoms with Crippen molar-refractivity contribution in [3.8, 4) is 0 Å². The van der Waals surface area contributed by atoms with Crippen molar-refractivity contribution in [2.24, 2.45) is 5.92 Å². The van der Waals surface area contributed by atoms with Gasteiger partial charge in [-0.1, -0.05) is 13.8 Å². The Kier molecular flexibility index (Phi) is 4.28. The highest BCUT2D eigenvalue weighted by molar-refractivity contribution is 5.65. The molecule has 1 aromatic carbocycles. The predicted molar refractivity (Wildman–Crippen MR) is 66.8 cm³/mol. The van der Waals surface area contributed by atoms with Gasteiger partial charge in [-0.2, -0.15) is 0 Å². The second-order valence-corrected chi connectivity index (χ2v) is 4.22. The van der Waals surface area contributed by atoms with Crippen molar-refractivity contribution in [3.05, 3.63) is 28.3 Å². The number of nitro groups is 1. The van der Waals surface area contributed by atoms with Crippen molar-refractivity contribution < 1.29 is 10.0 Å². The number of nitrogens with zero attached hydrogens (tertiary/aromatic N) is 1. The number of nitrogens with two attached hydrogens (primary N) is 1. The molecule has 0 aromatic heterocycles. The molecule has 6 nitrogen and oxygen atoms in total. The summed E-state index contributed by atoms with van der Waals surface area (Å²) in [5, 5.41) is 23.1. The van der Waals surface area contributed by atoms with Crippen LogP contribution >= 0.6 is 0 Å². The van der Waals surface area contributed by atoms with Gasteiger partial charge in [0.2, 0.25) is 0 Å². The minimum absolute atomic E-state index is 0.110. The van der Waals surface area contributed by atoms with Gasteiger partial charge in [-0.05, 0) is 18.1 Å². The van der Waals surface area contributed by atoms with Gasteiger partial charge in [0.05, 0.1) is 11.0 Å². The second-order valence-electron chi connectivity index (χ2n) is 4.22. The highest BCUT2D eigenvalue weighted by Gasteiger charge is 2.12. The summed E-state index contributed by atoms with van der Waals surface area (Å²) in [5.74, 6) is 0.151.